The minimum absolute atomic E-state index is 0.0427. The summed E-state index contributed by atoms with van der Waals surface area (Å²) in [6.07, 6.45) is 2.44. The molecule has 0 bridgehead atoms. The van der Waals surface area contributed by atoms with E-state index in [0.717, 1.165) is 31.1 Å². The van der Waals surface area contributed by atoms with Crippen LogP contribution >= 0.6 is 34.8 Å². The van der Waals surface area contributed by atoms with E-state index in [0.29, 0.717) is 33.7 Å². The monoisotopic (exact) mass is 438 g/mol. The summed E-state index contributed by atoms with van der Waals surface area (Å²) in [7, 11) is 0. The minimum Gasteiger partial charge on any atom is -0.333 e. The van der Waals surface area contributed by atoms with Gasteiger partial charge in [0.2, 0.25) is 0 Å². The van der Waals surface area contributed by atoms with E-state index in [9.17, 15) is 4.79 Å². The number of nitrogens with zero attached hydrogens (tertiary/aromatic N) is 2. The van der Waals surface area contributed by atoms with Gasteiger partial charge in [0.15, 0.2) is 0 Å². The lowest BCUT2D eigenvalue weighted by Crippen LogP contribution is -2.41. The van der Waals surface area contributed by atoms with Gasteiger partial charge in [0, 0.05) is 30.2 Å². The van der Waals surface area contributed by atoms with Gasteiger partial charge in [0.1, 0.15) is 0 Å². The van der Waals surface area contributed by atoms with E-state index in [4.69, 9.17) is 34.8 Å². The van der Waals surface area contributed by atoms with Gasteiger partial charge in [-0.3, -0.25) is 4.79 Å². The highest BCUT2D eigenvalue weighted by Gasteiger charge is 2.20. The summed E-state index contributed by atoms with van der Waals surface area (Å²) in [5, 5.41) is 1.53. The first-order valence-electron chi connectivity index (χ1n) is 9.63. The summed E-state index contributed by atoms with van der Waals surface area (Å²) in [5.74, 6) is 0.748. The van der Waals surface area contributed by atoms with Crippen LogP contribution in [-0.4, -0.2) is 41.9 Å². The second-order valence-corrected chi connectivity index (χ2v) is 8.76. The molecule has 150 valence electrons. The average Bonchev–Trinajstić information content (AvgIpc) is 2.69. The van der Waals surface area contributed by atoms with Crippen LogP contribution in [0.4, 0.5) is 0 Å². The maximum Gasteiger partial charge on any atom is 0.254 e. The fourth-order valence-corrected chi connectivity index (χ4v) is 3.85. The van der Waals surface area contributed by atoms with E-state index < -0.39 is 0 Å². The van der Waals surface area contributed by atoms with Crippen LogP contribution < -0.4 is 0 Å². The minimum atomic E-state index is -0.0427. The predicted molar refractivity (Wildman–Crippen MR) is 117 cm³/mol. The van der Waals surface area contributed by atoms with Crippen molar-refractivity contribution in [1.29, 1.82) is 0 Å². The largest absolute Gasteiger partial charge is 0.333 e. The fourth-order valence-electron chi connectivity index (χ4n) is 3.42. The molecule has 0 aliphatic carbocycles. The van der Waals surface area contributed by atoms with Gasteiger partial charge in [-0.05, 0) is 67.7 Å². The molecule has 1 saturated heterocycles. The van der Waals surface area contributed by atoms with Crippen molar-refractivity contribution in [2.24, 2.45) is 5.92 Å². The molecular formula is C22H25Cl3N2O. The lowest BCUT2D eigenvalue weighted by atomic mass is 9.99. The maximum absolute atomic E-state index is 13.2. The molecule has 0 unspecified atom stereocenters. The van der Waals surface area contributed by atoms with E-state index >= 15 is 0 Å². The Morgan fingerprint density at radius 3 is 2.36 bits per heavy atom. The van der Waals surface area contributed by atoms with Crippen LogP contribution in [0.25, 0.3) is 0 Å². The van der Waals surface area contributed by atoms with Crippen molar-refractivity contribution in [1.82, 2.24) is 9.80 Å². The molecule has 0 radical (unpaired) electrons. The number of carbonyl (C=O) groups excluding carboxylic acids is 1. The summed E-state index contributed by atoms with van der Waals surface area (Å²) in [4.78, 5) is 17.5. The molecule has 0 spiro atoms. The Balaban J connectivity index is 1.73. The summed E-state index contributed by atoms with van der Waals surface area (Å²) < 4.78 is 0. The molecule has 2 aromatic rings. The molecule has 0 saturated carbocycles. The van der Waals surface area contributed by atoms with Crippen molar-refractivity contribution in [3.8, 4) is 0 Å². The number of likely N-dealkylation sites (tertiary alicyclic amines) is 1. The Bertz CT molecular complexity index is 802. The van der Waals surface area contributed by atoms with Crippen LogP contribution in [0.5, 0.6) is 0 Å². The van der Waals surface area contributed by atoms with Crippen molar-refractivity contribution in [3.05, 3.63) is 68.7 Å². The lowest BCUT2D eigenvalue weighted by Gasteiger charge is -2.32. The van der Waals surface area contributed by atoms with Crippen molar-refractivity contribution in [3.63, 3.8) is 0 Å². The smallest absolute Gasteiger partial charge is 0.254 e. The number of halogens is 3. The standard InChI is InChI=1S/C22H25Cl3N2O/c1-16-8-10-26(11-9-16)12-13-27(15-17-2-5-19(23)6-3-17)22(28)18-4-7-20(24)21(25)14-18/h2-7,14,16H,8-13,15H2,1H3. The highest BCUT2D eigenvalue weighted by Crippen LogP contribution is 2.24. The zero-order chi connectivity index (χ0) is 20.1. The maximum atomic E-state index is 13.2. The third-order valence-corrected chi connectivity index (χ3v) is 6.29. The van der Waals surface area contributed by atoms with Gasteiger partial charge in [0.25, 0.3) is 5.91 Å². The van der Waals surface area contributed by atoms with Crippen molar-refractivity contribution in [2.75, 3.05) is 26.2 Å². The molecule has 0 atom stereocenters. The molecule has 3 nitrogen and oxygen atoms in total. The number of amides is 1. The molecule has 1 aliphatic heterocycles. The molecule has 0 aromatic heterocycles. The second kappa shape index (κ2) is 9.98. The van der Waals surface area contributed by atoms with Gasteiger partial charge in [0.05, 0.1) is 10.0 Å². The Morgan fingerprint density at radius 2 is 1.71 bits per heavy atom. The van der Waals surface area contributed by atoms with Crippen LogP contribution in [0.1, 0.15) is 35.7 Å². The van der Waals surface area contributed by atoms with Gasteiger partial charge in [-0.1, -0.05) is 53.9 Å². The second-order valence-electron chi connectivity index (χ2n) is 7.51. The van der Waals surface area contributed by atoms with Crippen molar-refractivity contribution in [2.45, 2.75) is 26.3 Å². The highest BCUT2D eigenvalue weighted by molar-refractivity contribution is 6.42. The Labute approximate surface area is 182 Å². The summed E-state index contributed by atoms with van der Waals surface area (Å²) >= 11 is 18.1. The van der Waals surface area contributed by atoms with Gasteiger partial charge >= 0.3 is 0 Å². The number of rotatable bonds is 6. The number of piperidine rings is 1. The molecule has 1 heterocycles. The molecule has 2 aromatic carbocycles. The number of carbonyl (C=O) groups is 1. The first kappa shape index (κ1) is 21.4. The molecule has 1 fully saturated rings. The molecule has 0 N–H and O–H groups in total. The SMILES string of the molecule is CC1CCN(CCN(Cc2ccc(Cl)cc2)C(=O)c2ccc(Cl)c(Cl)c2)CC1. The number of hydrogen-bond donors (Lipinski definition) is 0. The van der Waals surface area contributed by atoms with E-state index in [1.54, 1.807) is 18.2 Å². The van der Waals surface area contributed by atoms with Crippen LogP contribution in [-0.2, 0) is 6.54 Å². The molecule has 1 amide bonds. The fraction of sp³-hybridized carbons (Fsp3) is 0.409. The summed E-state index contributed by atoms with van der Waals surface area (Å²) in [6, 6.07) is 12.7. The zero-order valence-electron chi connectivity index (χ0n) is 16.0. The summed E-state index contributed by atoms with van der Waals surface area (Å²) in [6.45, 7) is 6.55. The third kappa shape index (κ3) is 5.87. The molecule has 28 heavy (non-hydrogen) atoms. The lowest BCUT2D eigenvalue weighted by molar-refractivity contribution is 0.0709. The van der Waals surface area contributed by atoms with E-state index in [1.165, 1.54) is 12.8 Å². The number of hydrogen-bond acceptors (Lipinski definition) is 2. The van der Waals surface area contributed by atoms with E-state index in [-0.39, 0.29) is 5.91 Å². The first-order chi connectivity index (χ1) is 13.4. The van der Waals surface area contributed by atoms with Crippen LogP contribution in [0, 0.1) is 5.92 Å². The average molecular weight is 440 g/mol. The quantitative estimate of drug-likeness (QED) is 0.549. The van der Waals surface area contributed by atoms with Crippen LogP contribution in [0.2, 0.25) is 15.1 Å². The topological polar surface area (TPSA) is 23.6 Å². The van der Waals surface area contributed by atoms with E-state index in [2.05, 4.69) is 11.8 Å². The van der Waals surface area contributed by atoms with Crippen molar-refractivity contribution < 1.29 is 4.79 Å². The number of benzene rings is 2. The summed E-state index contributed by atoms with van der Waals surface area (Å²) in [5.41, 5.74) is 1.60. The van der Waals surface area contributed by atoms with Gasteiger partial charge in [-0.2, -0.15) is 0 Å². The zero-order valence-corrected chi connectivity index (χ0v) is 18.3. The highest BCUT2D eigenvalue weighted by atomic mass is 35.5. The van der Waals surface area contributed by atoms with Gasteiger partial charge < -0.3 is 9.80 Å². The van der Waals surface area contributed by atoms with Gasteiger partial charge in [-0.15, -0.1) is 0 Å². The molecule has 3 rings (SSSR count). The molecular weight excluding hydrogens is 415 g/mol. The Kier molecular flexibility index (Phi) is 7.64. The first-order valence-corrected chi connectivity index (χ1v) is 10.8. The Hall–Kier alpha value is -1.26. The van der Waals surface area contributed by atoms with Crippen molar-refractivity contribution >= 4 is 40.7 Å². The van der Waals surface area contributed by atoms with E-state index in [1.807, 2.05) is 29.2 Å². The normalized spacial score (nSPS) is 15.6. The van der Waals surface area contributed by atoms with Gasteiger partial charge in [-0.25, -0.2) is 0 Å². The van der Waals surface area contributed by atoms with Crippen LogP contribution in [0.15, 0.2) is 42.5 Å². The molecule has 6 heteroatoms. The third-order valence-electron chi connectivity index (χ3n) is 5.30. The predicted octanol–water partition coefficient (Wildman–Crippen LogP) is 6.02. The van der Waals surface area contributed by atoms with Crippen LogP contribution in [0.3, 0.4) is 0 Å². The Morgan fingerprint density at radius 1 is 1.04 bits per heavy atom. The molecule has 1 aliphatic rings.